The zero-order valence-electron chi connectivity index (χ0n) is 9.95. The van der Waals surface area contributed by atoms with Gasteiger partial charge in [0.2, 0.25) is 5.82 Å². The van der Waals surface area contributed by atoms with Crippen molar-refractivity contribution in [2.24, 2.45) is 4.99 Å². The summed E-state index contributed by atoms with van der Waals surface area (Å²) in [5.74, 6) is 0.151. The highest BCUT2D eigenvalue weighted by molar-refractivity contribution is 9.10. The third-order valence-corrected chi connectivity index (χ3v) is 2.89. The first-order chi connectivity index (χ1) is 9.72. The molecule has 1 N–H and O–H groups in total. The fourth-order valence-corrected chi connectivity index (χ4v) is 1.91. The van der Waals surface area contributed by atoms with E-state index < -0.39 is 5.90 Å². The van der Waals surface area contributed by atoms with Crippen LogP contribution in [0, 0.1) is 0 Å². The van der Waals surface area contributed by atoms with Gasteiger partial charge < -0.3 is 9.52 Å². The van der Waals surface area contributed by atoms with Crippen molar-refractivity contribution in [3.8, 4) is 11.4 Å². The van der Waals surface area contributed by atoms with Crippen LogP contribution in [0.5, 0.6) is 0 Å². The van der Waals surface area contributed by atoms with Crippen LogP contribution in [-0.2, 0) is 0 Å². The van der Waals surface area contributed by atoms with Crippen LogP contribution >= 0.6 is 15.9 Å². The van der Waals surface area contributed by atoms with Crippen LogP contribution in [0.1, 0.15) is 5.76 Å². The number of aliphatic imine (C=N–C) groups is 1. The summed E-state index contributed by atoms with van der Waals surface area (Å²) in [7, 11) is 0. The molecule has 0 amide bonds. The third kappa shape index (κ3) is 2.59. The lowest BCUT2D eigenvalue weighted by Gasteiger charge is -2.07. The molecular weight excluding hydrogens is 326 g/mol. The number of furan rings is 1. The van der Waals surface area contributed by atoms with E-state index in [1.165, 1.54) is 0 Å². The van der Waals surface area contributed by atoms with Gasteiger partial charge in [0.1, 0.15) is 5.76 Å². The number of H-pyrrole nitrogens is 1. The Balaban J connectivity index is 1.93. The molecule has 0 saturated carbocycles. The van der Waals surface area contributed by atoms with Gasteiger partial charge in [0.05, 0.1) is 5.69 Å². The number of benzene rings is 1. The van der Waals surface area contributed by atoms with Crippen LogP contribution in [0.25, 0.3) is 11.4 Å². The Kier molecular flexibility index (Phi) is 3.30. The first kappa shape index (κ1) is 12.5. The van der Waals surface area contributed by atoms with Gasteiger partial charge in [0.25, 0.3) is 0 Å². The largest absolute Gasteiger partial charge is 0.856 e. The van der Waals surface area contributed by atoms with Gasteiger partial charge in [-0.05, 0) is 45.4 Å². The van der Waals surface area contributed by atoms with Gasteiger partial charge in [-0.3, -0.25) is 4.99 Å². The number of aromatic nitrogens is 4. The fourth-order valence-electron chi connectivity index (χ4n) is 1.60. The minimum atomic E-state index is -0.457. The maximum absolute atomic E-state index is 11.9. The van der Waals surface area contributed by atoms with Gasteiger partial charge in [-0.25, -0.2) is 0 Å². The molecule has 1 aromatic carbocycles. The molecule has 0 spiro atoms. The maximum atomic E-state index is 11.9. The summed E-state index contributed by atoms with van der Waals surface area (Å²) in [5.41, 5.74) is 1.21. The average Bonchev–Trinajstić information content (AvgIpc) is 3.10. The first-order valence-corrected chi connectivity index (χ1v) is 6.37. The summed E-state index contributed by atoms with van der Waals surface area (Å²) in [5, 5.41) is 25.5. The Morgan fingerprint density at radius 1 is 1.30 bits per heavy atom. The Labute approximate surface area is 121 Å². The van der Waals surface area contributed by atoms with E-state index in [4.69, 9.17) is 4.42 Å². The van der Waals surface area contributed by atoms with Crippen molar-refractivity contribution in [2.45, 2.75) is 0 Å². The predicted octanol–water partition coefficient (Wildman–Crippen LogP) is 1.66. The topological polar surface area (TPSA) is 103 Å². The third-order valence-electron chi connectivity index (χ3n) is 2.46. The number of aromatic amines is 1. The fraction of sp³-hybridized carbons (Fsp3) is 0. The summed E-state index contributed by atoms with van der Waals surface area (Å²) in [6.07, 6.45) is 0. The highest BCUT2D eigenvalue weighted by Gasteiger charge is 2.04. The molecule has 3 rings (SSSR count). The predicted molar refractivity (Wildman–Crippen MR) is 72.2 cm³/mol. The summed E-state index contributed by atoms with van der Waals surface area (Å²) in [6, 6.07) is 10.2. The highest BCUT2D eigenvalue weighted by atomic mass is 79.9. The molecule has 100 valence electrons. The van der Waals surface area contributed by atoms with E-state index >= 15 is 0 Å². The molecule has 0 atom stereocenters. The van der Waals surface area contributed by atoms with Gasteiger partial charge >= 0.3 is 0 Å². The van der Waals surface area contributed by atoms with E-state index in [0.29, 0.717) is 21.7 Å². The van der Waals surface area contributed by atoms with Crippen molar-refractivity contribution >= 4 is 27.5 Å². The molecule has 0 aliphatic heterocycles. The van der Waals surface area contributed by atoms with Gasteiger partial charge in [-0.2, -0.15) is 5.21 Å². The smallest absolute Gasteiger partial charge is 0.204 e. The number of tetrazole rings is 1. The molecule has 2 aromatic heterocycles. The van der Waals surface area contributed by atoms with Crippen molar-refractivity contribution in [3.63, 3.8) is 0 Å². The summed E-state index contributed by atoms with van der Waals surface area (Å²) < 4.78 is 5.64. The summed E-state index contributed by atoms with van der Waals surface area (Å²) in [4.78, 5) is 3.97. The van der Waals surface area contributed by atoms with Crippen LogP contribution in [0.15, 0.2) is 50.5 Å². The zero-order chi connectivity index (χ0) is 13.9. The van der Waals surface area contributed by atoms with Crippen LogP contribution in [-0.4, -0.2) is 26.5 Å². The van der Waals surface area contributed by atoms with Gasteiger partial charge in [-0.1, -0.05) is 12.1 Å². The molecule has 0 radical (unpaired) electrons. The molecule has 0 fully saturated rings. The van der Waals surface area contributed by atoms with Crippen LogP contribution in [0.4, 0.5) is 5.69 Å². The minimum absolute atomic E-state index is 0.168. The van der Waals surface area contributed by atoms with E-state index in [9.17, 15) is 5.11 Å². The number of hydrogen-bond acceptors (Lipinski definition) is 6. The van der Waals surface area contributed by atoms with Crippen molar-refractivity contribution in [1.29, 1.82) is 0 Å². The van der Waals surface area contributed by atoms with Crippen molar-refractivity contribution in [1.82, 2.24) is 20.6 Å². The van der Waals surface area contributed by atoms with Crippen molar-refractivity contribution < 1.29 is 9.52 Å². The standard InChI is InChI=1S/C12H8BrN5O2/c13-10-5-4-9(20-10)12(19)14-8-3-1-2-7(6-8)11-15-17-18-16-11/h1-6H,(H,14,19)(H,15,16,17,18)/p-1. The Morgan fingerprint density at radius 3 is 2.90 bits per heavy atom. The summed E-state index contributed by atoms with van der Waals surface area (Å²) >= 11 is 3.14. The van der Waals surface area contributed by atoms with Crippen LogP contribution < -0.4 is 5.11 Å². The molecule has 20 heavy (non-hydrogen) atoms. The number of halogens is 1. The molecule has 0 aliphatic rings. The zero-order valence-corrected chi connectivity index (χ0v) is 11.5. The molecule has 8 heteroatoms. The van der Waals surface area contributed by atoms with E-state index in [-0.39, 0.29) is 5.76 Å². The molecule has 0 unspecified atom stereocenters. The maximum Gasteiger partial charge on any atom is 0.204 e. The van der Waals surface area contributed by atoms with Crippen LogP contribution in [0.3, 0.4) is 0 Å². The Hall–Kier alpha value is -2.48. The van der Waals surface area contributed by atoms with Crippen molar-refractivity contribution in [2.75, 3.05) is 0 Å². The lowest BCUT2D eigenvalue weighted by Crippen LogP contribution is -2.17. The second-order valence-electron chi connectivity index (χ2n) is 3.81. The van der Waals surface area contributed by atoms with Crippen molar-refractivity contribution in [3.05, 3.63) is 46.8 Å². The Morgan fingerprint density at radius 2 is 2.20 bits per heavy atom. The molecule has 0 aliphatic carbocycles. The number of rotatable bonds is 3. The molecule has 0 saturated heterocycles. The van der Waals surface area contributed by atoms with Gasteiger partial charge in [-0.15, -0.1) is 10.2 Å². The molecular formula is C12H7BrN5O2-. The lowest BCUT2D eigenvalue weighted by atomic mass is 10.2. The molecule has 0 bridgehead atoms. The Bertz CT molecular complexity index is 751. The van der Waals surface area contributed by atoms with Gasteiger partial charge in [0.15, 0.2) is 4.67 Å². The molecule has 3 aromatic rings. The van der Waals surface area contributed by atoms with E-state index in [0.717, 1.165) is 0 Å². The number of hydrogen-bond donors (Lipinski definition) is 1. The summed E-state index contributed by atoms with van der Waals surface area (Å²) in [6.45, 7) is 0. The lowest BCUT2D eigenvalue weighted by molar-refractivity contribution is -0.214. The monoisotopic (exact) mass is 332 g/mol. The average molecular weight is 333 g/mol. The second kappa shape index (κ2) is 5.25. The number of nitrogens with zero attached hydrogens (tertiary/aromatic N) is 4. The van der Waals surface area contributed by atoms with Gasteiger partial charge in [0, 0.05) is 11.5 Å². The molecule has 7 nitrogen and oxygen atoms in total. The second-order valence-corrected chi connectivity index (χ2v) is 4.59. The van der Waals surface area contributed by atoms with E-state index in [1.54, 1.807) is 36.4 Å². The highest BCUT2D eigenvalue weighted by Crippen LogP contribution is 2.21. The first-order valence-electron chi connectivity index (χ1n) is 5.58. The minimum Gasteiger partial charge on any atom is -0.856 e. The molecule has 2 heterocycles. The van der Waals surface area contributed by atoms with Crippen LogP contribution in [0.2, 0.25) is 0 Å². The SMILES string of the molecule is [O-]C(=Nc1cccc(-c2nn[nH]n2)c1)c1ccc(Br)o1. The van der Waals surface area contributed by atoms with E-state index in [2.05, 4.69) is 41.5 Å². The number of nitrogens with one attached hydrogen (secondary N) is 1. The normalized spacial score (nSPS) is 11.8. The van der Waals surface area contributed by atoms with E-state index in [1.807, 2.05) is 0 Å². The quantitative estimate of drug-likeness (QED) is 0.580.